The minimum absolute atomic E-state index is 0.00935. The molecule has 0 bridgehead atoms. The Morgan fingerprint density at radius 2 is 2.23 bits per heavy atom. The number of rotatable bonds is 3. The quantitative estimate of drug-likeness (QED) is 0.777. The van der Waals surface area contributed by atoms with E-state index in [1.54, 1.807) is 37.0 Å². The molecule has 0 N–H and O–H groups in total. The zero-order valence-electron chi connectivity index (χ0n) is 13.5. The molecule has 118 valence electrons. The Morgan fingerprint density at radius 3 is 2.82 bits per heavy atom. The van der Waals surface area contributed by atoms with Crippen molar-refractivity contribution in [3.05, 3.63) is 18.2 Å². The van der Waals surface area contributed by atoms with Gasteiger partial charge in [0.05, 0.1) is 12.5 Å². The Kier molecular flexibility index (Phi) is 4.86. The number of aromatic nitrogens is 2. The molecule has 2 atom stereocenters. The maximum atomic E-state index is 12.8. The normalized spacial score (nSPS) is 21.3. The van der Waals surface area contributed by atoms with Crippen molar-refractivity contribution in [3.63, 3.8) is 0 Å². The number of carbonyl (C=O) groups is 2. The summed E-state index contributed by atoms with van der Waals surface area (Å²) in [6, 6.07) is -0.328. The molecule has 0 radical (unpaired) electrons. The van der Waals surface area contributed by atoms with E-state index in [1.165, 1.54) is 0 Å². The number of piperidine rings is 1. The Morgan fingerprint density at radius 1 is 1.50 bits per heavy atom. The molecule has 2 rings (SSSR count). The molecule has 2 heterocycles. The summed E-state index contributed by atoms with van der Waals surface area (Å²) >= 11 is 0. The van der Waals surface area contributed by atoms with Gasteiger partial charge in [0.1, 0.15) is 11.9 Å². The molecule has 1 fully saturated rings. The van der Waals surface area contributed by atoms with Crippen molar-refractivity contribution in [1.29, 1.82) is 0 Å². The minimum Gasteiger partial charge on any atom is -0.336 e. The molecule has 6 heteroatoms. The number of hydrogen-bond acceptors (Lipinski definition) is 3. The first-order chi connectivity index (χ1) is 10.5. The highest BCUT2D eigenvalue weighted by molar-refractivity contribution is 5.84. The van der Waals surface area contributed by atoms with Gasteiger partial charge in [0.2, 0.25) is 11.8 Å². The van der Waals surface area contributed by atoms with Gasteiger partial charge in [-0.3, -0.25) is 9.59 Å². The van der Waals surface area contributed by atoms with Gasteiger partial charge >= 0.3 is 0 Å². The molecule has 0 saturated carbocycles. The smallest absolute Gasteiger partial charge is 0.228 e. The first-order valence-corrected chi connectivity index (χ1v) is 7.34. The minimum atomic E-state index is -0.328. The summed E-state index contributed by atoms with van der Waals surface area (Å²) in [7, 11) is 5.37. The second-order valence-corrected chi connectivity index (χ2v) is 5.61. The first kappa shape index (κ1) is 16.1. The summed E-state index contributed by atoms with van der Waals surface area (Å²) in [5, 5.41) is 0. The van der Waals surface area contributed by atoms with Crippen LogP contribution in [0.25, 0.3) is 0 Å². The van der Waals surface area contributed by atoms with Crippen molar-refractivity contribution < 1.29 is 9.59 Å². The van der Waals surface area contributed by atoms with Crippen LogP contribution in [0, 0.1) is 17.8 Å². The molecule has 1 aliphatic rings. The van der Waals surface area contributed by atoms with E-state index in [0.717, 1.165) is 5.82 Å². The summed E-state index contributed by atoms with van der Waals surface area (Å²) in [4.78, 5) is 32.4. The number of nitrogens with zero attached hydrogens (tertiary/aromatic N) is 4. The fraction of sp³-hybridized carbons (Fsp3) is 0.562. The lowest BCUT2D eigenvalue weighted by Crippen LogP contribution is -2.47. The Balaban J connectivity index is 2.30. The van der Waals surface area contributed by atoms with Gasteiger partial charge in [-0.25, -0.2) is 4.98 Å². The monoisotopic (exact) mass is 302 g/mol. The lowest BCUT2D eigenvalue weighted by molar-refractivity contribution is -0.146. The molecule has 1 aliphatic heterocycles. The third-order valence-electron chi connectivity index (χ3n) is 4.17. The molecule has 22 heavy (non-hydrogen) atoms. The van der Waals surface area contributed by atoms with Crippen LogP contribution >= 0.6 is 0 Å². The van der Waals surface area contributed by atoms with Gasteiger partial charge in [-0.15, -0.1) is 5.92 Å². The van der Waals surface area contributed by atoms with Crippen LogP contribution in [-0.2, 0) is 16.6 Å². The van der Waals surface area contributed by atoms with Crippen LogP contribution in [0.2, 0.25) is 0 Å². The predicted molar refractivity (Wildman–Crippen MR) is 82.5 cm³/mol. The molecule has 1 aromatic rings. The second-order valence-electron chi connectivity index (χ2n) is 5.61. The maximum absolute atomic E-state index is 12.8. The molecule has 0 aromatic carbocycles. The Hall–Kier alpha value is -2.29. The average Bonchev–Trinajstić information content (AvgIpc) is 2.92. The summed E-state index contributed by atoms with van der Waals surface area (Å²) in [5.74, 6) is 6.21. The zero-order valence-corrected chi connectivity index (χ0v) is 13.5. The van der Waals surface area contributed by atoms with E-state index in [4.69, 9.17) is 0 Å². The molecule has 0 spiro atoms. The molecule has 1 saturated heterocycles. The van der Waals surface area contributed by atoms with Gasteiger partial charge in [0.15, 0.2) is 0 Å². The fourth-order valence-electron chi connectivity index (χ4n) is 2.87. The molecule has 0 aliphatic carbocycles. The Bertz CT molecular complexity index is 626. The van der Waals surface area contributed by atoms with E-state index in [2.05, 4.69) is 16.8 Å². The first-order valence-electron chi connectivity index (χ1n) is 7.34. The largest absolute Gasteiger partial charge is 0.336 e. The predicted octanol–water partition coefficient (Wildman–Crippen LogP) is 0.811. The van der Waals surface area contributed by atoms with Gasteiger partial charge in [-0.2, -0.15) is 0 Å². The van der Waals surface area contributed by atoms with Crippen molar-refractivity contribution in [2.24, 2.45) is 13.0 Å². The van der Waals surface area contributed by atoms with Crippen LogP contribution in [0.15, 0.2) is 12.4 Å². The van der Waals surface area contributed by atoms with Crippen LogP contribution in [0.4, 0.5) is 0 Å². The topological polar surface area (TPSA) is 58.4 Å². The molecular formula is C16H22N4O2. The van der Waals surface area contributed by atoms with Gasteiger partial charge in [-0.05, 0) is 13.3 Å². The van der Waals surface area contributed by atoms with Crippen LogP contribution in [-0.4, -0.2) is 51.8 Å². The summed E-state index contributed by atoms with van der Waals surface area (Å²) in [5.41, 5.74) is 0. The van der Waals surface area contributed by atoms with Crippen molar-refractivity contribution in [2.75, 3.05) is 20.6 Å². The van der Waals surface area contributed by atoms with E-state index in [0.29, 0.717) is 19.4 Å². The molecule has 6 nitrogen and oxygen atoms in total. The SMILES string of the molecule is CC#CCN(C)C(=O)[C@H]1CCC(=O)N(C)[C@@H]1c1nccn1C. The van der Waals surface area contributed by atoms with E-state index in [1.807, 2.05) is 17.8 Å². The molecule has 1 aromatic heterocycles. The highest BCUT2D eigenvalue weighted by Crippen LogP contribution is 2.35. The van der Waals surface area contributed by atoms with E-state index < -0.39 is 0 Å². The van der Waals surface area contributed by atoms with Gasteiger partial charge < -0.3 is 14.4 Å². The number of carbonyl (C=O) groups excluding carboxylic acids is 2. The standard InChI is InChI=1S/C16H22N4O2/c1-5-6-10-19(3)16(22)12-7-8-13(21)20(4)14(12)15-17-9-11-18(15)2/h9,11-12,14H,7-8,10H2,1-4H3/t12-,14-/m0/s1. The number of hydrogen-bond donors (Lipinski definition) is 0. The third kappa shape index (κ3) is 2.98. The lowest BCUT2D eigenvalue weighted by Gasteiger charge is -2.38. The van der Waals surface area contributed by atoms with E-state index >= 15 is 0 Å². The lowest BCUT2D eigenvalue weighted by atomic mass is 9.87. The molecular weight excluding hydrogens is 280 g/mol. The van der Waals surface area contributed by atoms with Gasteiger partial charge in [-0.1, -0.05) is 5.92 Å². The van der Waals surface area contributed by atoms with Crippen molar-refractivity contribution in [1.82, 2.24) is 19.4 Å². The molecule has 2 amide bonds. The van der Waals surface area contributed by atoms with E-state index in [9.17, 15) is 9.59 Å². The second kappa shape index (κ2) is 6.65. The van der Waals surface area contributed by atoms with Gasteiger partial charge in [0.25, 0.3) is 0 Å². The van der Waals surface area contributed by atoms with Crippen LogP contribution < -0.4 is 0 Å². The number of imidazole rings is 1. The van der Waals surface area contributed by atoms with Crippen LogP contribution in [0.1, 0.15) is 31.6 Å². The third-order valence-corrected chi connectivity index (χ3v) is 4.17. The highest BCUT2D eigenvalue weighted by atomic mass is 16.2. The van der Waals surface area contributed by atoms with Gasteiger partial charge in [0, 0.05) is 40.0 Å². The van der Waals surface area contributed by atoms with Crippen LogP contribution in [0.3, 0.4) is 0 Å². The fourth-order valence-corrected chi connectivity index (χ4v) is 2.87. The number of likely N-dealkylation sites (tertiary alicyclic amines) is 1. The summed E-state index contributed by atoms with van der Waals surface area (Å²) < 4.78 is 1.87. The number of amides is 2. The van der Waals surface area contributed by atoms with Crippen molar-refractivity contribution in [3.8, 4) is 11.8 Å². The van der Waals surface area contributed by atoms with E-state index in [-0.39, 0.29) is 23.8 Å². The number of aryl methyl sites for hydroxylation is 1. The van der Waals surface area contributed by atoms with Crippen molar-refractivity contribution >= 4 is 11.8 Å². The maximum Gasteiger partial charge on any atom is 0.228 e. The Labute approximate surface area is 131 Å². The van der Waals surface area contributed by atoms with Crippen LogP contribution in [0.5, 0.6) is 0 Å². The average molecular weight is 302 g/mol. The van der Waals surface area contributed by atoms with Crippen molar-refractivity contribution in [2.45, 2.75) is 25.8 Å². The molecule has 0 unspecified atom stereocenters. The highest BCUT2D eigenvalue weighted by Gasteiger charge is 2.41. The summed E-state index contributed by atoms with van der Waals surface area (Å²) in [6.45, 7) is 2.15. The zero-order chi connectivity index (χ0) is 16.3. The summed E-state index contributed by atoms with van der Waals surface area (Å²) in [6.07, 6.45) is 4.46.